The van der Waals surface area contributed by atoms with Gasteiger partial charge in [-0.05, 0) is 55.1 Å². The fraction of sp³-hybridized carbons (Fsp3) is 0.647. The van der Waals surface area contributed by atoms with Crippen LogP contribution in [0.1, 0.15) is 63.0 Å². The summed E-state index contributed by atoms with van der Waals surface area (Å²) in [6.45, 7) is 4.57. The first-order valence-electron chi connectivity index (χ1n) is 7.80. The molecular weight excluding hydrogens is 232 g/mol. The maximum atomic E-state index is 5.79. The van der Waals surface area contributed by atoms with Crippen molar-refractivity contribution in [2.75, 3.05) is 0 Å². The first-order valence-corrected chi connectivity index (χ1v) is 7.80. The van der Waals surface area contributed by atoms with Gasteiger partial charge in [0.15, 0.2) is 0 Å². The lowest BCUT2D eigenvalue weighted by molar-refractivity contribution is 0.311. The lowest BCUT2D eigenvalue weighted by atomic mass is 9.77. The second kappa shape index (κ2) is 7.06. The number of benzene rings is 1. The van der Waals surface area contributed by atoms with Crippen LogP contribution in [0.4, 0.5) is 0 Å². The van der Waals surface area contributed by atoms with Gasteiger partial charge >= 0.3 is 0 Å². The number of nitrogens with two attached hydrogens (primary N) is 1. The summed E-state index contributed by atoms with van der Waals surface area (Å²) in [5, 5.41) is 0. The Morgan fingerprint density at radius 3 is 2.89 bits per heavy atom. The van der Waals surface area contributed by atoms with Gasteiger partial charge in [0.2, 0.25) is 0 Å². The number of aryl methyl sites for hydroxylation is 1. The average molecular weight is 260 g/mol. The van der Waals surface area contributed by atoms with Crippen LogP contribution in [0, 0.1) is 5.92 Å². The summed E-state index contributed by atoms with van der Waals surface area (Å²) >= 11 is 0. The number of hydrogen-bond donors (Lipinski definition) is 2. The van der Waals surface area contributed by atoms with Crippen LogP contribution in [0.2, 0.25) is 0 Å². The van der Waals surface area contributed by atoms with Crippen molar-refractivity contribution in [2.45, 2.75) is 64.3 Å². The molecule has 19 heavy (non-hydrogen) atoms. The number of hydrogen-bond acceptors (Lipinski definition) is 2. The highest BCUT2D eigenvalue weighted by atomic mass is 15.2. The Morgan fingerprint density at radius 2 is 2.16 bits per heavy atom. The minimum absolute atomic E-state index is 0.441. The SMILES string of the molecule is CCCC(C)C(CC1CCCc2ccccc21)NN. The van der Waals surface area contributed by atoms with Gasteiger partial charge in [0, 0.05) is 6.04 Å². The molecule has 0 spiro atoms. The monoisotopic (exact) mass is 260 g/mol. The van der Waals surface area contributed by atoms with Crippen molar-refractivity contribution in [1.82, 2.24) is 5.43 Å². The zero-order valence-electron chi connectivity index (χ0n) is 12.4. The lowest BCUT2D eigenvalue weighted by Crippen LogP contribution is -2.41. The zero-order chi connectivity index (χ0) is 13.7. The van der Waals surface area contributed by atoms with Crippen LogP contribution in [0.3, 0.4) is 0 Å². The standard InChI is InChI=1S/C17H28N2/c1-3-7-13(2)17(19-18)12-15-10-6-9-14-8-4-5-11-16(14)15/h4-5,8,11,13,15,17,19H,3,6-7,9-10,12,18H2,1-2H3. The average Bonchev–Trinajstić information content (AvgIpc) is 2.45. The van der Waals surface area contributed by atoms with Crippen molar-refractivity contribution in [2.24, 2.45) is 11.8 Å². The van der Waals surface area contributed by atoms with E-state index in [1.54, 1.807) is 11.1 Å². The minimum Gasteiger partial charge on any atom is -0.271 e. The Balaban J connectivity index is 2.06. The van der Waals surface area contributed by atoms with Gasteiger partial charge in [-0.1, -0.05) is 44.5 Å². The van der Waals surface area contributed by atoms with Crippen LogP contribution in [0.15, 0.2) is 24.3 Å². The summed E-state index contributed by atoms with van der Waals surface area (Å²) in [7, 11) is 0. The third kappa shape index (κ3) is 3.58. The van der Waals surface area contributed by atoms with Crippen LogP contribution >= 0.6 is 0 Å². The summed E-state index contributed by atoms with van der Waals surface area (Å²) in [5.74, 6) is 7.13. The van der Waals surface area contributed by atoms with Crippen molar-refractivity contribution in [1.29, 1.82) is 0 Å². The van der Waals surface area contributed by atoms with Crippen LogP contribution in [0.5, 0.6) is 0 Å². The Kier molecular flexibility index (Phi) is 5.41. The van der Waals surface area contributed by atoms with Crippen molar-refractivity contribution >= 4 is 0 Å². The van der Waals surface area contributed by atoms with Crippen molar-refractivity contribution in [3.8, 4) is 0 Å². The molecule has 1 aliphatic rings. The zero-order valence-corrected chi connectivity index (χ0v) is 12.4. The summed E-state index contributed by atoms with van der Waals surface area (Å²) in [5.41, 5.74) is 6.19. The molecule has 0 saturated carbocycles. The topological polar surface area (TPSA) is 38.0 Å². The molecule has 3 N–H and O–H groups in total. The largest absolute Gasteiger partial charge is 0.271 e. The number of hydrazine groups is 1. The third-order valence-corrected chi connectivity index (χ3v) is 4.68. The molecule has 0 fully saturated rings. The fourth-order valence-corrected chi connectivity index (χ4v) is 3.53. The highest BCUT2D eigenvalue weighted by Gasteiger charge is 2.25. The lowest BCUT2D eigenvalue weighted by Gasteiger charge is -2.31. The smallest absolute Gasteiger partial charge is 0.0241 e. The molecule has 0 bridgehead atoms. The normalized spacial score (nSPS) is 21.7. The van der Waals surface area contributed by atoms with E-state index >= 15 is 0 Å². The predicted molar refractivity (Wildman–Crippen MR) is 81.9 cm³/mol. The quantitative estimate of drug-likeness (QED) is 0.603. The van der Waals surface area contributed by atoms with E-state index in [9.17, 15) is 0 Å². The number of fused-ring (bicyclic) bond motifs is 1. The summed E-state index contributed by atoms with van der Waals surface area (Å²) in [6, 6.07) is 9.40. The van der Waals surface area contributed by atoms with Gasteiger partial charge in [0.1, 0.15) is 0 Å². The first kappa shape index (κ1) is 14.5. The van der Waals surface area contributed by atoms with Crippen LogP contribution < -0.4 is 11.3 Å². The highest BCUT2D eigenvalue weighted by molar-refractivity contribution is 5.32. The van der Waals surface area contributed by atoms with Gasteiger partial charge in [-0.2, -0.15) is 0 Å². The van der Waals surface area contributed by atoms with Crippen molar-refractivity contribution < 1.29 is 0 Å². The molecule has 2 nitrogen and oxygen atoms in total. The molecular formula is C17H28N2. The summed E-state index contributed by atoms with van der Waals surface area (Å²) in [6.07, 6.45) is 7.55. The Bertz CT molecular complexity index is 389. The summed E-state index contributed by atoms with van der Waals surface area (Å²) in [4.78, 5) is 0. The molecule has 0 aliphatic heterocycles. The number of rotatable bonds is 6. The van der Waals surface area contributed by atoms with E-state index in [-0.39, 0.29) is 0 Å². The van der Waals surface area contributed by atoms with E-state index in [2.05, 4.69) is 43.5 Å². The maximum Gasteiger partial charge on any atom is 0.0241 e. The Labute approximate surface area is 117 Å². The fourth-order valence-electron chi connectivity index (χ4n) is 3.53. The molecule has 1 aliphatic carbocycles. The van der Waals surface area contributed by atoms with E-state index < -0.39 is 0 Å². The Hall–Kier alpha value is -0.860. The van der Waals surface area contributed by atoms with Gasteiger partial charge in [-0.3, -0.25) is 11.3 Å². The van der Waals surface area contributed by atoms with Gasteiger partial charge in [0.25, 0.3) is 0 Å². The van der Waals surface area contributed by atoms with Gasteiger partial charge in [-0.25, -0.2) is 0 Å². The second-order valence-corrected chi connectivity index (χ2v) is 6.06. The molecule has 0 radical (unpaired) electrons. The molecule has 2 rings (SSSR count). The molecule has 0 heterocycles. The van der Waals surface area contributed by atoms with E-state index in [0.717, 1.165) is 0 Å². The highest BCUT2D eigenvalue weighted by Crippen LogP contribution is 2.35. The van der Waals surface area contributed by atoms with Crippen LogP contribution in [0.25, 0.3) is 0 Å². The molecule has 0 aromatic heterocycles. The molecule has 3 atom stereocenters. The maximum absolute atomic E-state index is 5.79. The molecule has 0 saturated heterocycles. The molecule has 0 amide bonds. The second-order valence-electron chi connectivity index (χ2n) is 6.06. The van der Waals surface area contributed by atoms with Crippen molar-refractivity contribution in [3.63, 3.8) is 0 Å². The van der Waals surface area contributed by atoms with Gasteiger partial charge in [0.05, 0.1) is 0 Å². The van der Waals surface area contributed by atoms with Crippen molar-refractivity contribution in [3.05, 3.63) is 35.4 Å². The van der Waals surface area contributed by atoms with Gasteiger partial charge < -0.3 is 0 Å². The van der Waals surface area contributed by atoms with Crippen LogP contribution in [-0.4, -0.2) is 6.04 Å². The summed E-state index contributed by atoms with van der Waals surface area (Å²) < 4.78 is 0. The van der Waals surface area contributed by atoms with E-state index in [1.165, 1.54) is 38.5 Å². The molecule has 1 aromatic carbocycles. The molecule has 106 valence electrons. The van der Waals surface area contributed by atoms with E-state index in [4.69, 9.17) is 5.84 Å². The van der Waals surface area contributed by atoms with Gasteiger partial charge in [-0.15, -0.1) is 0 Å². The molecule has 2 heteroatoms. The number of nitrogens with one attached hydrogen (secondary N) is 1. The third-order valence-electron chi connectivity index (χ3n) is 4.68. The predicted octanol–water partition coefficient (Wildman–Crippen LogP) is 3.76. The molecule has 3 unspecified atom stereocenters. The minimum atomic E-state index is 0.441. The van der Waals surface area contributed by atoms with E-state index in [0.29, 0.717) is 17.9 Å². The Morgan fingerprint density at radius 1 is 1.37 bits per heavy atom. The first-order chi connectivity index (χ1) is 9.26. The molecule has 1 aromatic rings. The van der Waals surface area contributed by atoms with Crippen LogP contribution in [-0.2, 0) is 6.42 Å². The van der Waals surface area contributed by atoms with E-state index in [1.807, 2.05) is 0 Å².